The van der Waals surface area contributed by atoms with Gasteiger partial charge < -0.3 is 10.3 Å². The van der Waals surface area contributed by atoms with Crippen molar-refractivity contribution in [3.8, 4) is 0 Å². The lowest BCUT2D eigenvalue weighted by Crippen LogP contribution is -2.24. The normalized spacial score (nSPS) is 10.7. The van der Waals surface area contributed by atoms with E-state index in [-0.39, 0.29) is 5.91 Å². The van der Waals surface area contributed by atoms with Crippen LogP contribution in [0.25, 0.3) is 10.9 Å². The van der Waals surface area contributed by atoms with Crippen molar-refractivity contribution in [2.75, 3.05) is 0 Å². The highest BCUT2D eigenvalue weighted by atomic mass is 16.1. The SMILES string of the molecule is Cc1cc2cc(CNC(=O)Cc3ccccc3)ccc2[nH]1. The molecule has 0 atom stereocenters. The van der Waals surface area contributed by atoms with Gasteiger partial charge in [-0.15, -0.1) is 0 Å². The molecule has 0 saturated carbocycles. The standard InChI is InChI=1S/C18H18N2O/c1-13-9-16-10-15(7-8-17(16)20-13)12-19-18(21)11-14-5-3-2-4-6-14/h2-10,20H,11-12H2,1H3,(H,19,21). The van der Waals surface area contributed by atoms with Crippen molar-refractivity contribution in [3.63, 3.8) is 0 Å². The third-order valence-electron chi connectivity index (χ3n) is 3.52. The largest absolute Gasteiger partial charge is 0.359 e. The molecule has 3 aromatic rings. The van der Waals surface area contributed by atoms with Gasteiger partial charge in [0.2, 0.25) is 5.91 Å². The topological polar surface area (TPSA) is 44.9 Å². The first-order valence-corrected chi connectivity index (χ1v) is 7.09. The third kappa shape index (κ3) is 3.31. The molecule has 21 heavy (non-hydrogen) atoms. The molecule has 3 heteroatoms. The summed E-state index contributed by atoms with van der Waals surface area (Å²) >= 11 is 0. The molecule has 0 fully saturated rings. The summed E-state index contributed by atoms with van der Waals surface area (Å²) in [6, 6.07) is 18.1. The lowest BCUT2D eigenvalue weighted by Gasteiger charge is -2.06. The van der Waals surface area contributed by atoms with Crippen LogP contribution < -0.4 is 5.32 Å². The van der Waals surface area contributed by atoms with E-state index in [1.54, 1.807) is 0 Å². The molecule has 0 spiro atoms. The molecule has 0 bridgehead atoms. The van der Waals surface area contributed by atoms with E-state index in [1.807, 2.05) is 43.3 Å². The van der Waals surface area contributed by atoms with Gasteiger partial charge in [-0.3, -0.25) is 4.79 Å². The van der Waals surface area contributed by atoms with Gasteiger partial charge in [0.05, 0.1) is 6.42 Å². The highest BCUT2D eigenvalue weighted by molar-refractivity contribution is 5.81. The van der Waals surface area contributed by atoms with Crippen molar-refractivity contribution in [1.82, 2.24) is 10.3 Å². The highest BCUT2D eigenvalue weighted by Crippen LogP contribution is 2.16. The van der Waals surface area contributed by atoms with Gasteiger partial charge in [-0.25, -0.2) is 0 Å². The van der Waals surface area contributed by atoms with Gasteiger partial charge in [0.25, 0.3) is 0 Å². The van der Waals surface area contributed by atoms with Crippen molar-refractivity contribution in [2.45, 2.75) is 19.9 Å². The van der Waals surface area contributed by atoms with Crippen LogP contribution in [0.15, 0.2) is 54.6 Å². The number of nitrogens with one attached hydrogen (secondary N) is 2. The monoisotopic (exact) mass is 278 g/mol. The second-order valence-corrected chi connectivity index (χ2v) is 5.31. The number of aromatic nitrogens is 1. The molecule has 2 aromatic carbocycles. The van der Waals surface area contributed by atoms with Gasteiger partial charge in [-0.2, -0.15) is 0 Å². The number of aryl methyl sites for hydroxylation is 1. The van der Waals surface area contributed by atoms with Gasteiger partial charge in [-0.1, -0.05) is 36.4 Å². The summed E-state index contributed by atoms with van der Waals surface area (Å²) in [4.78, 5) is 15.2. The van der Waals surface area contributed by atoms with E-state index in [4.69, 9.17) is 0 Å². The number of aromatic amines is 1. The van der Waals surface area contributed by atoms with Gasteiger partial charge in [0, 0.05) is 17.8 Å². The summed E-state index contributed by atoms with van der Waals surface area (Å²) in [7, 11) is 0. The van der Waals surface area contributed by atoms with Crippen LogP contribution in [0.3, 0.4) is 0 Å². The quantitative estimate of drug-likeness (QED) is 0.755. The summed E-state index contributed by atoms with van der Waals surface area (Å²) < 4.78 is 0. The molecule has 3 nitrogen and oxygen atoms in total. The zero-order chi connectivity index (χ0) is 14.7. The lowest BCUT2D eigenvalue weighted by molar-refractivity contribution is -0.120. The fraction of sp³-hybridized carbons (Fsp3) is 0.167. The number of amides is 1. The maximum absolute atomic E-state index is 11.9. The Labute approximate surface area is 124 Å². The number of benzene rings is 2. The zero-order valence-corrected chi connectivity index (χ0v) is 12.0. The van der Waals surface area contributed by atoms with Crippen LogP contribution in [-0.4, -0.2) is 10.9 Å². The molecule has 3 rings (SSSR count). The molecule has 2 N–H and O–H groups in total. The van der Waals surface area contributed by atoms with E-state index in [9.17, 15) is 4.79 Å². The predicted octanol–water partition coefficient (Wildman–Crippen LogP) is 3.34. The first kappa shape index (κ1) is 13.4. The predicted molar refractivity (Wildman–Crippen MR) is 85.0 cm³/mol. The fourth-order valence-electron chi connectivity index (χ4n) is 2.48. The summed E-state index contributed by atoms with van der Waals surface area (Å²) in [6.07, 6.45) is 0.423. The average molecular weight is 278 g/mol. The number of carbonyl (C=O) groups excluding carboxylic acids is 1. The summed E-state index contributed by atoms with van der Waals surface area (Å²) in [5.41, 5.74) is 4.43. The van der Waals surface area contributed by atoms with Crippen molar-refractivity contribution in [1.29, 1.82) is 0 Å². The Morgan fingerprint density at radius 2 is 1.86 bits per heavy atom. The smallest absolute Gasteiger partial charge is 0.224 e. The van der Waals surface area contributed by atoms with Gasteiger partial charge in [-0.05, 0) is 41.6 Å². The number of fused-ring (bicyclic) bond motifs is 1. The van der Waals surface area contributed by atoms with Gasteiger partial charge in [0.1, 0.15) is 0 Å². The Morgan fingerprint density at radius 1 is 1.05 bits per heavy atom. The first-order chi connectivity index (χ1) is 10.2. The third-order valence-corrected chi connectivity index (χ3v) is 3.52. The van der Waals surface area contributed by atoms with Crippen LogP contribution in [0.5, 0.6) is 0 Å². The Bertz CT molecular complexity index is 759. The second-order valence-electron chi connectivity index (χ2n) is 5.31. The molecule has 0 saturated heterocycles. The summed E-state index contributed by atoms with van der Waals surface area (Å²) in [5, 5.41) is 4.15. The van der Waals surface area contributed by atoms with Crippen molar-refractivity contribution in [2.24, 2.45) is 0 Å². The lowest BCUT2D eigenvalue weighted by atomic mass is 10.1. The molecule has 0 aliphatic heterocycles. The molecular formula is C18H18N2O. The zero-order valence-electron chi connectivity index (χ0n) is 12.0. The first-order valence-electron chi connectivity index (χ1n) is 7.09. The van der Waals surface area contributed by atoms with Crippen LogP contribution >= 0.6 is 0 Å². The minimum atomic E-state index is 0.0477. The summed E-state index contributed by atoms with van der Waals surface area (Å²) in [5.74, 6) is 0.0477. The molecule has 0 radical (unpaired) electrons. The molecule has 0 aliphatic rings. The van der Waals surface area contributed by atoms with Crippen molar-refractivity contribution < 1.29 is 4.79 Å². The van der Waals surface area contributed by atoms with E-state index < -0.39 is 0 Å². The van der Waals surface area contributed by atoms with E-state index in [0.29, 0.717) is 13.0 Å². The molecule has 0 unspecified atom stereocenters. The van der Waals surface area contributed by atoms with Crippen LogP contribution in [-0.2, 0) is 17.8 Å². The molecule has 1 aromatic heterocycles. The van der Waals surface area contributed by atoms with Crippen LogP contribution in [0, 0.1) is 6.92 Å². The van der Waals surface area contributed by atoms with Crippen molar-refractivity contribution in [3.05, 3.63) is 71.4 Å². The minimum absolute atomic E-state index is 0.0477. The van der Waals surface area contributed by atoms with E-state index in [1.165, 1.54) is 5.39 Å². The van der Waals surface area contributed by atoms with Crippen molar-refractivity contribution >= 4 is 16.8 Å². The Hall–Kier alpha value is -2.55. The number of rotatable bonds is 4. The highest BCUT2D eigenvalue weighted by Gasteiger charge is 2.04. The Kier molecular flexibility index (Phi) is 3.73. The second kappa shape index (κ2) is 5.83. The number of hydrogen-bond acceptors (Lipinski definition) is 1. The van der Waals surface area contributed by atoms with E-state index in [2.05, 4.69) is 28.5 Å². The van der Waals surface area contributed by atoms with Crippen LogP contribution in [0.2, 0.25) is 0 Å². The summed E-state index contributed by atoms with van der Waals surface area (Å²) in [6.45, 7) is 2.60. The van der Waals surface area contributed by atoms with Crippen LogP contribution in [0.4, 0.5) is 0 Å². The van der Waals surface area contributed by atoms with E-state index in [0.717, 1.165) is 22.3 Å². The van der Waals surface area contributed by atoms with E-state index >= 15 is 0 Å². The molecular weight excluding hydrogens is 260 g/mol. The number of hydrogen-bond donors (Lipinski definition) is 2. The fourth-order valence-corrected chi connectivity index (χ4v) is 2.48. The molecule has 1 amide bonds. The molecule has 1 heterocycles. The number of carbonyl (C=O) groups is 1. The van der Waals surface area contributed by atoms with Crippen LogP contribution in [0.1, 0.15) is 16.8 Å². The molecule has 106 valence electrons. The number of H-pyrrole nitrogens is 1. The minimum Gasteiger partial charge on any atom is -0.359 e. The molecule has 0 aliphatic carbocycles. The maximum Gasteiger partial charge on any atom is 0.224 e. The average Bonchev–Trinajstić information content (AvgIpc) is 2.85. The van der Waals surface area contributed by atoms with Gasteiger partial charge in [0.15, 0.2) is 0 Å². The maximum atomic E-state index is 11.9. The Balaban J connectivity index is 1.62. The van der Waals surface area contributed by atoms with Gasteiger partial charge >= 0.3 is 0 Å². The Morgan fingerprint density at radius 3 is 2.67 bits per heavy atom.